The molecule has 1 N–H and O–H groups in total. The van der Waals surface area contributed by atoms with Crippen LogP contribution < -0.4 is 5.32 Å². The number of aromatic nitrogens is 3. The van der Waals surface area contributed by atoms with Gasteiger partial charge in [-0.25, -0.2) is 9.97 Å². The van der Waals surface area contributed by atoms with Crippen LogP contribution >= 0.6 is 0 Å². The van der Waals surface area contributed by atoms with E-state index in [1.165, 1.54) is 11.1 Å². The molecular formula is C22H25N5O. The monoisotopic (exact) mass is 375 g/mol. The minimum Gasteiger partial charge on any atom is -0.379 e. The lowest BCUT2D eigenvalue weighted by Crippen LogP contribution is -2.40. The molecule has 1 unspecified atom stereocenters. The summed E-state index contributed by atoms with van der Waals surface area (Å²) < 4.78 is 5.49. The maximum Gasteiger partial charge on any atom is 0.226 e. The molecule has 1 saturated heterocycles. The van der Waals surface area contributed by atoms with E-state index in [4.69, 9.17) is 4.74 Å². The predicted octanol–water partition coefficient (Wildman–Crippen LogP) is 3.33. The van der Waals surface area contributed by atoms with Crippen LogP contribution in [0.5, 0.6) is 0 Å². The first-order chi connectivity index (χ1) is 13.8. The number of anilines is 1. The number of ether oxygens (including phenoxy) is 1. The van der Waals surface area contributed by atoms with E-state index in [1.54, 1.807) is 6.33 Å². The van der Waals surface area contributed by atoms with Gasteiger partial charge in [0.2, 0.25) is 5.95 Å². The molecule has 4 rings (SSSR count). The second-order valence-corrected chi connectivity index (χ2v) is 7.02. The Kier molecular flexibility index (Phi) is 5.89. The number of hydrogen-bond donors (Lipinski definition) is 1. The summed E-state index contributed by atoms with van der Waals surface area (Å²) in [6, 6.07) is 18.7. The van der Waals surface area contributed by atoms with Gasteiger partial charge in [-0.15, -0.1) is 0 Å². The molecule has 0 aliphatic carbocycles. The Morgan fingerprint density at radius 3 is 2.50 bits per heavy atom. The SMILES string of the molecule is Cc1ccc(C(CN2CCOCC2)Nc2ncnc(-c3ccccc3)n2)cc1. The molecule has 1 aromatic heterocycles. The van der Waals surface area contributed by atoms with Gasteiger partial charge in [0.05, 0.1) is 19.3 Å². The molecule has 1 aliphatic heterocycles. The highest BCUT2D eigenvalue weighted by Crippen LogP contribution is 2.21. The third-order valence-corrected chi connectivity index (χ3v) is 4.93. The number of hydrogen-bond acceptors (Lipinski definition) is 6. The molecule has 2 aromatic carbocycles. The summed E-state index contributed by atoms with van der Waals surface area (Å²) in [5.41, 5.74) is 3.45. The average molecular weight is 375 g/mol. The highest BCUT2D eigenvalue weighted by molar-refractivity contribution is 5.55. The quantitative estimate of drug-likeness (QED) is 0.713. The van der Waals surface area contributed by atoms with Crippen molar-refractivity contribution in [3.05, 3.63) is 72.1 Å². The van der Waals surface area contributed by atoms with Crippen LogP contribution in [-0.2, 0) is 4.74 Å². The Morgan fingerprint density at radius 2 is 1.75 bits per heavy atom. The molecular weight excluding hydrogens is 350 g/mol. The Labute approximate surface area is 165 Å². The van der Waals surface area contributed by atoms with Crippen molar-refractivity contribution in [2.45, 2.75) is 13.0 Å². The van der Waals surface area contributed by atoms with Gasteiger partial charge in [0.15, 0.2) is 5.82 Å². The van der Waals surface area contributed by atoms with Crippen LogP contribution in [0.2, 0.25) is 0 Å². The van der Waals surface area contributed by atoms with E-state index in [2.05, 4.69) is 56.4 Å². The molecule has 28 heavy (non-hydrogen) atoms. The van der Waals surface area contributed by atoms with E-state index in [-0.39, 0.29) is 6.04 Å². The topological polar surface area (TPSA) is 63.2 Å². The van der Waals surface area contributed by atoms with Crippen LogP contribution in [0.25, 0.3) is 11.4 Å². The van der Waals surface area contributed by atoms with Crippen LogP contribution in [0, 0.1) is 6.92 Å². The summed E-state index contributed by atoms with van der Waals surface area (Å²) in [4.78, 5) is 15.8. The molecule has 0 bridgehead atoms. The summed E-state index contributed by atoms with van der Waals surface area (Å²) >= 11 is 0. The predicted molar refractivity (Wildman–Crippen MR) is 110 cm³/mol. The Balaban J connectivity index is 1.57. The normalized spacial score (nSPS) is 15.9. The molecule has 1 atom stereocenters. The van der Waals surface area contributed by atoms with Gasteiger partial charge in [0, 0.05) is 25.2 Å². The highest BCUT2D eigenvalue weighted by Gasteiger charge is 2.19. The van der Waals surface area contributed by atoms with Crippen molar-refractivity contribution in [2.75, 3.05) is 38.2 Å². The van der Waals surface area contributed by atoms with Crippen LogP contribution in [0.3, 0.4) is 0 Å². The van der Waals surface area contributed by atoms with Gasteiger partial charge < -0.3 is 10.1 Å². The largest absolute Gasteiger partial charge is 0.379 e. The molecule has 144 valence electrons. The molecule has 1 aliphatic rings. The highest BCUT2D eigenvalue weighted by atomic mass is 16.5. The fourth-order valence-corrected chi connectivity index (χ4v) is 3.32. The minimum atomic E-state index is 0.0877. The minimum absolute atomic E-state index is 0.0877. The maximum atomic E-state index is 5.49. The zero-order valence-corrected chi connectivity index (χ0v) is 16.1. The van der Waals surface area contributed by atoms with Crippen LogP contribution in [0.1, 0.15) is 17.2 Å². The molecule has 1 fully saturated rings. The molecule has 6 nitrogen and oxygen atoms in total. The van der Waals surface area contributed by atoms with Gasteiger partial charge in [-0.3, -0.25) is 4.90 Å². The molecule has 0 radical (unpaired) electrons. The van der Waals surface area contributed by atoms with Gasteiger partial charge in [-0.1, -0.05) is 60.2 Å². The summed E-state index contributed by atoms with van der Waals surface area (Å²) in [5, 5.41) is 3.53. The standard InChI is InChI=1S/C22H25N5O/c1-17-7-9-18(10-8-17)20(15-27-11-13-28-14-12-27)25-22-24-16-23-21(26-22)19-5-3-2-4-6-19/h2-10,16,20H,11-15H2,1H3,(H,23,24,25,26). The molecule has 0 spiro atoms. The van der Waals surface area contributed by atoms with E-state index >= 15 is 0 Å². The lowest BCUT2D eigenvalue weighted by molar-refractivity contribution is 0.0360. The lowest BCUT2D eigenvalue weighted by Gasteiger charge is -2.31. The van der Waals surface area contributed by atoms with Crippen LogP contribution in [0.4, 0.5) is 5.95 Å². The smallest absolute Gasteiger partial charge is 0.226 e. The molecule has 3 aromatic rings. The first kappa shape index (κ1) is 18.5. The fourth-order valence-electron chi connectivity index (χ4n) is 3.32. The average Bonchev–Trinajstić information content (AvgIpc) is 2.75. The number of nitrogens with one attached hydrogen (secondary N) is 1. The van der Waals surface area contributed by atoms with E-state index in [0.29, 0.717) is 11.8 Å². The van der Waals surface area contributed by atoms with Crippen molar-refractivity contribution >= 4 is 5.95 Å². The van der Waals surface area contributed by atoms with E-state index in [0.717, 1.165) is 38.4 Å². The Bertz CT molecular complexity index is 879. The molecule has 2 heterocycles. The number of benzene rings is 2. The Morgan fingerprint density at radius 1 is 1.00 bits per heavy atom. The van der Waals surface area contributed by atoms with Crippen molar-refractivity contribution in [3.8, 4) is 11.4 Å². The summed E-state index contributed by atoms with van der Waals surface area (Å²) in [6.45, 7) is 6.42. The van der Waals surface area contributed by atoms with Crippen molar-refractivity contribution in [1.82, 2.24) is 19.9 Å². The van der Waals surface area contributed by atoms with E-state index < -0.39 is 0 Å². The van der Waals surface area contributed by atoms with E-state index in [1.807, 2.05) is 30.3 Å². The van der Waals surface area contributed by atoms with Gasteiger partial charge >= 0.3 is 0 Å². The summed E-state index contributed by atoms with van der Waals surface area (Å²) in [7, 11) is 0. The van der Waals surface area contributed by atoms with Gasteiger partial charge in [-0.05, 0) is 12.5 Å². The number of nitrogens with zero attached hydrogens (tertiary/aromatic N) is 4. The number of morpholine rings is 1. The lowest BCUT2D eigenvalue weighted by atomic mass is 10.0. The number of rotatable bonds is 6. The van der Waals surface area contributed by atoms with Gasteiger partial charge in [-0.2, -0.15) is 4.98 Å². The first-order valence-electron chi connectivity index (χ1n) is 9.65. The van der Waals surface area contributed by atoms with Crippen molar-refractivity contribution in [1.29, 1.82) is 0 Å². The van der Waals surface area contributed by atoms with Gasteiger partial charge in [0.25, 0.3) is 0 Å². The first-order valence-corrected chi connectivity index (χ1v) is 9.65. The van der Waals surface area contributed by atoms with Crippen LogP contribution in [-0.4, -0.2) is 52.7 Å². The van der Waals surface area contributed by atoms with Crippen LogP contribution in [0.15, 0.2) is 60.9 Å². The number of aryl methyl sites for hydroxylation is 1. The second-order valence-electron chi connectivity index (χ2n) is 7.02. The third-order valence-electron chi connectivity index (χ3n) is 4.93. The summed E-state index contributed by atoms with van der Waals surface area (Å²) in [6.07, 6.45) is 1.57. The molecule has 0 saturated carbocycles. The van der Waals surface area contributed by atoms with Gasteiger partial charge in [0.1, 0.15) is 6.33 Å². The van der Waals surface area contributed by atoms with E-state index in [9.17, 15) is 0 Å². The second kappa shape index (κ2) is 8.91. The zero-order chi connectivity index (χ0) is 19.2. The van der Waals surface area contributed by atoms with Crippen molar-refractivity contribution < 1.29 is 4.74 Å². The molecule has 0 amide bonds. The fraction of sp³-hybridized carbons (Fsp3) is 0.318. The maximum absolute atomic E-state index is 5.49. The third kappa shape index (κ3) is 4.71. The van der Waals surface area contributed by atoms with Crippen molar-refractivity contribution in [2.24, 2.45) is 0 Å². The zero-order valence-electron chi connectivity index (χ0n) is 16.1. The Hall–Kier alpha value is -2.83. The molecule has 6 heteroatoms. The summed E-state index contributed by atoms with van der Waals surface area (Å²) in [5.74, 6) is 1.26. The van der Waals surface area contributed by atoms with Crippen molar-refractivity contribution in [3.63, 3.8) is 0 Å².